The number of carbonyl (C=O) groups is 1. The van der Waals surface area contributed by atoms with Crippen molar-refractivity contribution in [3.05, 3.63) is 58.0 Å². The Morgan fingerprint density at radius 3 is 2.67 bits per heavy atom. The summed E-state index contributed by atoms with van der Waals surface area (Å²) in [6, 6.07) is 16.1. The van der Waals surface area contributed by atoms with Gasteiger partial charge in [0.1, 0.15) is 0 Å². The summed E-state index contributed by atoms with van der Waals surface area (Å²) in [4.78, 5) is 19.4. The van der Waals surface area contributed by atoms with Crippen molar-refractivity contribution in [1.29, 1.82) is 0 Å². The van der Waals surface area contributed by atoms with Crippen LogP contribution in [0.3, 0.4) is 0 Å². The number of likely N-dealkylation sites (tertiary alicyclic amines) is 1. The van der Waals surface area contributed by atoms with Gasteiger partial charge in [-0.1, -0.05) is 24.3 Å². The monoisotopic (exact) mass is 443 g/mol. The first kappa shape index (κ1) is 18.6. The maximum atomic E-state index is 12.2. The Hall–Kier alpha value is -1.76. The maximum absolute atomic E-state index is 12.2. The highest BCUT2D eigenvalue weighted by Crippen LogP contribution is 2.33. The van der Waals surface area contributed by atoms with Crippen molar-refractivity contribution in [3.63, 3.8) is 0 Å². The zero-order chi connectivity index (χ0) is 18.6. The molecule has 1 saturated heterocycles. The number of para-hydroxylation sites is 2. The second kappa shape index (κ2) is 8.50. The number of thiazole rings is 1. The standard InChI is InChI=1S/C21H22BrN3OS/c22-16-5-1-2-6-17(16)23-20(26)11-14-25-12-9-15(10-13-25)21-24-18-7-3-4-8-19(18)27-21/h1-8,15H,9-14H2,(H,23,26). The van der Waals surface area contributed by atoms with Gasteiger partial charge in [0.05, 0.1) is 20.9 Å². The average molecular weight is 444 g/mol. The van der Waals surface area contributed by atoms with Crippen LogP contribution in [-0.4, -0.2) is 35.4 Å². The van der Waals surface area contributed by atoms with E-state index in [4.69, 9.17) is 4.98 Å². The number of amides is 1. The lowest BCUT2D eigenvalue weighted by Gasteiger charge is -2.30. The number of rotatable bonds is 5. The number of nitrogens with zero attached hydrogens (tertiary/aromatic N) is 2. The van der Waals surface area contributed by atoms with Gasteiger partial charge in [0, 0.05) is 23.4 Å². The third-order valence-corrected chi connectivity index (χ3v) is 6.94. The number of anilines is 1. The average Bonchev–Trinajstić information content (AvgIpc) is 3.13. The zero-order valence-electron chi connectivity index (χ0n) is 15.0. The summed E-state index contributed by atoms with van der Waals surface area (Å²) in [7, 11) is 0. The molecule has 4 nitrogen and oxygen atoms in total. The first-order valence-electron chi connectivity index (χ1n) is 9.31. The van der Waals surface area contributed by atoms with Crippen LogP contribution in [0.1, 0.15) is 30.2 Å². The number of aromatic nitrogens is 1. The van der Waals surface area contributed by atoms with Crippen molar-refractivity contribution < 1.29 is 4.79 Å². The summed E-state index contributed by atoms with van der Waals surface area (Å²) in [5.74, 6) is 0.614. The number of carbonyl (C=O) groups excluding carboxylic acids is 1. The first-order valence-corrected chi connectivity index (χ1v) is 10.9. The van der Waals surface area contributed by atoms with E-state index < -0.39 is 0 Å². The molecule has 0 unspecified atom stereocenters. The second-order valence-electron chi connectivity index (χ2n) is 6.91. The number of hydrogen-bond donors (Lipinski definition) is 1. The SMILES string of the molecule is O=C(CCN1CCC(c2nc3ccccc3s2)CC1)Nc1ccccc1Br. The Balaban J connectivity index is 1.26. The van der Waals surface area contributed by atoms with E-state index in [1.807, 2.05) is 41.7 Å². The van der Waals surface area contributed by atoms with Crippen LogP contribution in [-0.2, 0) is 4.79 Å². The predicted molar refractivity (Wildman–Crippen MR) is 115 cm³/mol. The fourth-order valence-electron chi connectivity index (χ4n) is 3.50. The van der Waals surface area contributed by atoms with Crippen LogP contribution in [0.2, 0.25) is 0 Å². The highest BCUT2D eigenvalue weighted by Gasteiger charge is 2.23. The van der Waals surface area contributed by atoms with E-state index in [9.17, 15) is 4.79 Å². The molecule has 1 N–H and O–H groups in total. The fourth-order valence-corrected chi connectivity index (χ4v) is 5.02. The van der Waals surface area contributed by atoms with Gasteiger partial charge in [0.15, 0.2) is 0 Å². The van der Waals surface area contributed by atoms with Gasteiger partial charge in [-0.2, -0.15) is 0 Å². The molecule has 0 spiro atoms. The minimum Gasteiger partial charge on any atom is -0.325 e. The second-order valence-corrected chi connectivity index (χ2v) is 8.83. The Bertz CT molecular complexity index is 901. The van der Waals surface area contributed by atoms with E-state index in [1.54, 1.807) is 0 Å². The van der Waals surface area contributed by atoms with Gasteiger partial charge in [-0.3, -0.25) is 4.79 Å². The predicted octanol–water partition coefficient (Wildman–Crippen LogP) is 5.27. The van der Waals surface area contributed by atoms with Crippen molar-refractivity contribution in [2.45, 2.75) is 25.2 Å². The van der Waals surface area contributed by atoms with Crippen molar-refractivity contribution in [3.8, 4) is 0 Å². The largest absolute Gasteiger partial charge is 0.325 e. The highest BCUT2D eigenvalue weighted by molar-refractivity contribution is 9.10. The van der Waals surface area contributed by atoms with Gasteiger partial charge >= 0.3 is 0 Å². The lowest BCUT2D eigenvalue weighted by molar-refractivity contribution is -0.116. The summed E-state index contributed by atoms with van der Waals surface area (Å²) in [5, 5.41) is 4.24. The molecule has 0 saturated carbocycles. The number of piperidine rings is 1. The molecule has 0 bridgehead atoms. The zero-order valence-corrected chi connectivity index (χ0v) is 17.4. The molecule has 27 heavy (non-hydrogen) atoms. The smallest absolute Gasteiger partial charge is 0.225 e. The summed E-state index contributed by atoms with van der Waals surface area (Å²) in [6.45, 7) is 2.87. The Morgan fingerprint density at radius 1 is 1.15 bits per heavy atom. The molecule has 0 aliphatic carbocycles. The van der Waals surface area contributed by atoms with Gasteiger partial charge in [0.2, 0.25) is 5.91 Å². The molecule has 1 aliphatic heterocycles. The van der Waals surface area contributed by atoms with Gasteiger partial charge in [0.25, 0.3) is 0 Å². The van der Waals surface area contributed by atoms with E-state index in [-0.39, 0.29) is 5.91 Å². The minimum absolute atomic E-state index is 0.0650. The molecule has 1 amide bonds. The molecule has 2 aromatic carbocycles. The van der Waals surface area contributed by atoms with Gasteiger partial charge in [-0.05, 0) is 66.1 Å². The molecule has 4 rings (SSSR count). The summed E-state index contributed by atoms with van der Waals surface area (Å²) in [5.41, 5.74) is 1.95. The number of halogens is 1. The molecule has 6 heteroatoms. The lowest BCUT2D eigenvalue weighted by Crippen LogP contribution is -2.35. The number of fused-ring (bicyclic) bond motifs is 1. The van der Waals surface area contributed by atoms with Crippen LogP contribution in [0.25, 0.3) is 10.2 Å². The normalized spacial score (nSPS) is 15.9. The van der Waals surface area contributed by atoms with Crippen molar-refractivity contribution in [1.82, 2.24) is 9.88 Å². The van der Waals surface area contributed by atoms with E-state index in [0.29, 0.717) is 12.3 Å². The van der Waals surface area contributed by atoms with E-state index >= 15 is 0 Å². The molecular weight excluding hydrogens is 422 g/mol. The number of benzene rings is 2. The first-order chi connectivity index (χ1) is 13.2. The van der Waals surface area contributed by atoms with Crippen LogP contribution >= 0.6 is 27.3 Å². The lowest BCUT2D eigenvalue weighted by atomic mass is 9.97. The molecule has 1 aromatic heterocycles. The van der Waals surface area contributed by atoms with Crippen LogP contribution < -0.4 is 5.32 Å². The molecule has 0 radical (unpaired) electrons. The number of nitrogens with one attached hydrogen (secondary N) is 1. The Morgan fingerprint density at radius 2 is 1.89 bits per heavy atom. The third-order valence-electron chi connectivity index (χ3n) is 5.05. The molecule has 140 valence electrons. The molecule has 1 fully saturated rings. The van der Waals surface area contributed by atoms with Crippen LogP contribution in [0.5, 0.6) is 0 Å². The van der Waals surface area contributed by atoms with Gasteiger partial charge < -0.3 is 10.2 Å². The molecule has 3 aromatic rings. The van der Waals surface area contributed by atoms with Crippen LogP contribution in [0.15, 0.2) is 53.0 Å². The Labute approximate surface area is 171 Å². The van der Waals surface area contributed by atoms with E-state index in [2.05, 4.69) is 44.3 Å². The molecular formula is C21H22BrN3OS. The maximum Gasteiger partial charge on any atom is 0.225 e. The van der Waals surface area contributed by atoms with Crippen molar-refractivity contribution >= 4 is 49.1 Å². The fraction of sp³-hybridized carbons (Fsp3) is 0.333. The van der Waals surface area contributed by atoms with Gasteiger partial charge in [-0.15, -0.1) is 11.3 Å². The van der Waals surface area contributed by atoms with Crippen molar-refractivity contribution in [2.75, 3.05) is 25.0 Å². The van der Waals surface area contributed by atoms with E-state index in [0.717, 1.165) is 48.2 Å². The summed E-state index contributed by atoms with van der Waals surface area (Å²) in [6.07, 6.45) is 2.75. The summed E-state index contributed by atoms with van der Waals surface area (Å²) >= 11 is 5.29. The molecule has 0 atom stereocenters. The molecule has 2 heterocycles. The van der Waals surface area contributed by atoms with Crippen LogP contribution in [0.4, 0.5) is 5.69 Å². The Kier molecular flexibility index (Phi) is 5.86. The summed E-state index contributed by atoms with van der Waals surface area (Å²) < 4.78 is 2.19. The van der Waals surface area contributed by atoms with Gasteiger partial charge in [-0.25, -0.2) is 4.98 Å². The minimum atomic E-state index is 0.0650. The topological polar surface area (TPSA) is 45.2 Å². The number of hydrogen-bond acceptors (Lipinski definition) is 4. The van der Waals surface area contributed by atoms with Crippen molar-refractivity contribution in [2.24, 2.45) is 0 Å². The van der Waals surface area contributed by atoms with Crippen LogP contribution in [0, 0.1) is 0 Å². The van der Waals surface area contributed by atoms with E-state index in [1.165, 1.54) is 9.71 Å². The third kappa shape index (κ3) is 4.57. The highest BCUT2D eigenvalue weighted by atomic mass is 79.9. The molecule has 1 aliphatic rings. The quantitative estimate of drug-likeness (QED) is 0.584.